The molecule has 1 amide bonds. The van der Waals surface area contributed by atoms with Gasteiger partial charge in [-0.2, -0.15) is 4.31 Å². The number of amides is 1. The number of sulfonamides is 1. The third-order valence-corrected chi connectivity index (χ3v) is 10.3. The molecule has 0 radical (unpaired) electrons. The molecule has 0 atom stereocenters. The number of hydrogen-bond donors (Lipinski definition) is 2. The average molecular weight is 570 g/mol. The van der Waals surface area contributed by atoms with Crippen molar-refractivity contribution in [3.05, 3.63) is 51.9 Å². The van der Waals surface area contributed by atoms with Crippen LogP contribution < -0.4 is 10.6 Å². The number of ether oxygens (including phenoxy) is 1. The Kier molecular flexibility index (Phi) is 11.8. The van der Waals surface area contributed by atoms with Crippen molar-refractivity contribution in [2.75, 3.05) is 33.3 Å². The van der Waals surface area contributed by atoms with Gasteiger partial charge in [0, 0.05) is 28.6 Å². The lowest BCUT2D eigenvalue weighted by Crippen LogP contribution is -2.38. The van der Waals surface area contributed by atoms with Gasteiger partial charge >= 0.3 is 5.97 Å². The Bertz CT molecular complexity index is 1110. The van der Waals surface area contributed by atoms with E-state index in [2.05, 4.69) is 15.4 Å². The van der Waals surface area contributed by atoms with Crippen molar-refractivity contribution in [3.8, 4) is 0 Å². The maximum absolute atomic E-state index is 13.1. The highest BCUT2D eigenvalue weighted by Gasteiger charge is 2.30. The van der Waals surface area contributed by atoms with Gasteiger partial charge in [-0.3, -0.25) is 9.59 Å². The highest BCUT2D eigenvalue weighted by molar-refractivity contribution is 7.91. The number of piperidine rings is 1. The molecule has 204 valence electrons. The summed E-state index contributed by atoms with van der Waals surface area (Å²) >= 11 is 7.07. The Morgan fingerprint density at radius 3 is 2.46 bits per heavy atom. The fourth-order valence-corrected chi connectivity index (χ4v) is 7.37. The lowest BCUT2D eigenvalue weighted by atomic mass is 9.92. The second-order valence-corrected chi connectivity index (χ2v) is 13.0. The molecule has 37 heavy (non-hydrogen) atoms. The van der Waals surface area contributed by atoms with Crippen molar-refractivity contribution >= 4 is 44.8 Å². The van der Waals surface area contributed by atoms with Crippen molar-refractivity contribution < 1.29 is 22.7 Å². The van der Waals surface area contributed by atoms with E-state index in [4.69, 9.17) is 11.6 Å². The molecule has 1 saturated heterocycles. The lowest BCUT2D eigenvalue weighted by Gasteiger charge is -2.30. The molecule has 0 saturated carbocycles. The third-order valence-electron chi connectivity index (χ3n) is 6.55. The lowest BCUT2D eigenvalue weighted by molar-refractivity contribution is -0.139. The van der Waals surface area contributed by atoms with Gasteiger partial charge in [-0.05, 0) is 68.1 Å². The molecular weight excluding hydrogens is 534 g/mol. The highest BCUT2D eigenvalue weighted by atomic mass is 35.5. The van der Waals surface area contributed by atoms with E-state index in [1.54, 1.807) is 40.7 Å². The summed E-state index contributed by atoms with van der Waals surface area (Å²) in [4.78, 5) is 24.1. The number of carbonyl (C=O) groups is 2. The molecule has 2 heterocycles. The molecular formula is C26H36ClN3O5S2. The smallest absolute Gasteiger partial charge is 0.319 e. The molecule has 11 heteroatoms. The number of hydrogen-bond acceptors (Lipinski definition) is 7. The van der Waals surface area contributed by atoms with Crippen LogP contribution in [0, 0.1) is 5.92 Å². The van der Waals surface area contributed by atoms with Crippen LogP contribution in [0.15, 0.2) is 40.6 Å². The minimum Gasteiger partial charge on any atom is -0.468 e. The molecule has 3 rings (SSSR count). The van der Waals surface area contributed by atoms with Crippen LogP contribution in [-0.2, 0) is 26.1 Å². The van der Waals surface area contributed by atoms with Gasteiger partial charge in [-0.25, -0.2) is 8.42 Å². The number of nitrogens with one attached hydrogen (secondary N) is 2. The van der Waals surface area contributed by atoms with E-state index >= 15 is 0 Å². The van der Waals surface area contributed by atoms with E-state index in [1.807, 2.05) is 0 Å². The predicted molar refractivity (Wildman–Crippen MR) is 146 cm³/mol. The number of methoxy groups -OCH3 is 1. The van der Waals surface area contributed by atoms with Crippen molar-refractivity contribution in [2.45, 2.75) is 55.7 Å². The molecule has 1 aromatic heterocycles. The second-order valence-electron chi connectivity index (χ2n) is 9.21. The second kappa shape index (κ2) is 14.8. The summed E-state index contributed by atoms with van der Waals surface area (Å²) in [5.74, 6) is 0.0873. The Labute approximate surface area is 228 Å². The minimum absolute atomic E-state index is 0.230. The summed E-state index contributed by atoms with van der Waals surface area (Å²) in [6.07, 6.45) is 7.32. The van der Waals surface area contributed by atoms with Crippen molar-refractivity contribution in [1.82, 2.24) is 14.9 Å². The molecule has 2 N–H and O–H groups in total. The zero-order valence-electron chi connectivity index (χ0n) is 21.2. The molecule has 2 aromatic rings. The number of nitrogens with zero attached hydrogens (tertiary/aromatic N) is 1. The monoisotopic (exact) mass is 569 g/mol. The molecule has 8 nitrogen and oxygen atoms in total. The first-order chi connectivity index (χ1) is 17.8. The quantitative estimate of drug-likeness (QED) is 0.257. The summed E-state index contributed by atoms with van der Waals surface area (Å²) in [7, 11) is -2.14. The van der Waals surface area contributed by atoms with Crippen LogP contribution in [0.4, 0.5) is 0 Å². The number of carbonyl (C=O) groups excluding carboxylic acids is 2. The number of halogens is 1. The molecule has 0 spiro atoms. The van der Waals surface area contributed by atoms with E-state index in [0.29, 0.717) is 33.8 Å². The van der Waals surface area contributed by atoms with Crippen LogP contribution in [-0.4, -0.2) is 57.9 Å². The van der Waals surface area contributed by atoms with Crippen LogP contribution in [0.2, 0.25) is 5.02 Å². The van der Waals surface area contributed by atoms with Crippen LogP contribution in [0.5, 0.6) is 0 Å². The fraction of sp³-hybridized carbons (Fsp3) is 0.538. The molecule has 1 aromatic carbocycles. The average Bonchev–Trinajstić information content (AvgIpc) is 3.39. The zero-order chi connectivity index (χ0) is 26.7. The maximum Gasteiger partial charge on any atom is 0.319 e. The Morgan fingerprint density at radius 2 is 1.76 bits per heavy atom. The van der Waals surface area contributed by atoms with Crippen LogP contribution >= 0.6 is 22.9 Å². The number of unbranched alkanes of at least 4 members (excludes halogenated alkanes) is 3. The van der Waals surface area contributed by atoms with Gasteiger partial charge in [-0.15, -0.1) is 11.3 Å². The van der Waals surface area contributed by atoms with Gasteiger partial charge in [0.15, 0.2) is 0 Å². The van der Waals surface area contributed by atoms with E-state index in [9.17, 15) is 18.0 Å². The topological polar surface area (TPSA) is 105 Å². The van der Waals surface area contributed by atoms with Crippen molar-refractivity contribution in [2.24, 2.45) is 5.92 Å². The predicted octanol–water partition coefficient (Wildman–Crippen LogP) is 4.45. The van der Waals surface area contributed by atoms with Crippen molar-refractivity contribution in [1.29, 1.82) is 0 Å². The fourth-order valence-electron chi connectivity index (χ4n) is 4.33. The van der Waals surface area contributed by atoms with Crippen molar-refractivity contribution in [3.63, 3.8) is 0 Å². The molecule has 1 aliphatic heterocycles. The molecule has 1 fully saturated rings. The van der Waals surface area contributed by atoms with Crippen LogP contribution in [0.25, 0.3) is 0 Å². The minimum atomic E-state index is -3.52. The van der Waals surface area contributed by atoms with E-state index in [1.165, 1.54) is 18.4 Å². The standard InChI is InChI=1S/C26H36ClN3O5S2/c1-35-24(31)19-28-15-5-3-2-4-6-20-13-16-30(17-14-20)37(33,34)25-12-11-23(36-25)18-29-26(32)21-7-9-22(27)10-8-21/h7-12,20,28H,2-6,13-19H2,1H3,(H,29,32). The normalized spacial score (nSPS) is 15.0. The number of rotatable bonds is 14. The number of esters is 1. The number of benzene rings is 1. The highest BCUT2D eigenvalue weighted by Crippen LogP contribution is 2.30. The van der Waals surface area contributed by atoms with Gasteiger partial charge in [0.2, 0.25) is 0 Å². The first kappa shape index (κ1) is 29.6. The Morgan fingerprint density at radius 1 is 1.05 bits per heavy atom. The SMILES string of the molecule is COC(=O)CNCCCCCCC1CCN(S(=O)(=O)c2ccc(CNC(=O)c3ccc(Cl)cc3)s2)CC1. The Balaban J connectivity index is 1.35. The zero-order valence-corrected chi connectivity index (χ0v) is 23.6. The largest absolute Gasteiger partial charge is 0.468 e. The Hall–Kier alpha value is -1.98. The van der Waals surface area contributed by atoms with Gasteiger partial charge in [0.25, 0.3) is 15.9 Å². The van der Waals surface area contributed by atoms with Crippen LogP contribution in [0.1, 0.15) is 60.2 Å². The van der Waals surface area contributed by atoms with Gasteiger partial charge in [0.05, 0.1) is 20.2 Å². The van der Waals surface area contributed by atoms with E-state index in [0.717, 1.165) is 56.4 Å². The van der Waals surface area contributed by atoms with Gasteiger partial charge < -0.3 is 15.4 Å². The third kappa shape index (κ3) is 9.37. The molecule has 1 aliphatic rings. The summed E-state index contributed by atoms with van der Waals surface area (Å²) in [5.41, 5.74) is 0.504. The van der Waals surface area contributed by atoms with Crippen LogP contribution in [0.3, 0.4) is 0 Å². The first-order valence-electron chi connectivity index (χ1n) is 12.7. The maximum atomic E-state index is 13.1. The summed E-state index contributed by atoms with van der Waals surface area (Å²) in [6, 6.07) is 10.0. The first-order valence-corrected chi connectivity index (χ1v) is 15.3. The summed E-state index contributed by atoms with van der Waals surface area (Å²) in [5, 5.41) is 6.46. The van der Waals surface area contributed by atoms with Gasteiger partial charge in [-0.1, -0.05) is 37.3 Å². The number of thiophene rings is 1. The van der Waals surface area contributed by atoms with Gasteiger partial charge in [0.1, 0.15) is 4.21 Å². The summed E-state index contributed by atoms with van der Waals surface area (Å²) < 4.78 is 32.8. The van der Waals surface area contributed by atoms with E-state index in [-0.39, 0.29) is 25.0 Å². The summed E-state index contributed by atoms with van der Waals surface area (Å²) in [6.45, 7) is 2.43. The molecule has 0 bridgehead atoms. The van der Waals surface area contributed by atoms with E-state index < -0.39 is 10.0 Å². The molecule has 0 unspecified atom stereocenters. The molecule has 0 aliphatic carbocycles.